The first kappa shape index (κ1) is 12.6. The van der Waals surface area contributed by atoms with Gasteiger partial charge < -0.3 is 10.6 Å². The first-order chi connectivity index (χ1) is 7.91. The zero-order valence-corrected chi connectivity index (χ0v) is 9.12. The molecule has 0 aliphatic rings. The molecular formula is C10H11N3O4. The van der Waals surface area contributed by atoms with Gasteiger partial charge in [-0.05, 0) is 6.07 Å². The second kappa shape index (κ2) is 5.06. The second-order valence-corrected chi connectivity index (χ2v) is 3.43. The highest BCUT2D eigenvalue weighted by atomic mass is 16.6. The highest BCUT2D eigenvalue weighted by Crippen LogP contribution is 2.14. The van der Waals surface area contributed by atoms with Crippen LogP contribution in [-0.2, 0) is 4.79 Å². The van der Waals surface area contributed by atoms with Crippen LogP contribution in [0.1, 0.15) is 10.4 Å². The number of primary amides is 1. The van der Waals surface area contributed by atoms with Crippen molar-refractivity contribution in [1.82, 2.24) is 4.90 Å². The Morgan fingerprint density at radius 1 is 1.47 bits per heavy atom. The SMILES string of the molecule is CN(CC(N)=O)C(=O)c1cccc([N+](=O)[O-])c1. The predicted molar refractivity (Wildman–Crippen MR) is 59.3 cm³/mol. The fourth-order valence-electron chi connectivity index (χ4n) is 1.28. The molecule has 0 atom stereocenters. The maximum absolute atomic E-state index is 11.8. The lowest BCUT2D eigenvalue weighted by atomic mass is 10.2. The lowest BCUT2D eigenvalue weighted by Crippen LogP contribution is -2.35. The van der Waals surface area contributed by atoms with Crippen LogP contribution in [0, 0.1) is 10.1 Å². The van der Waals surface area contributed by atoms with E-state index in [0.717, 1.165) is 11.0 Å². The summed E-state index contributed by atoms with van der Waals surface area (Å²) in [5.41, 5.74) is 4.91. The van der Waals surface area contributed by atoms with Crippen LogP contribution in [0.5, 0.6) is 0 Å². The van der Waals surface area contributed by atoms with Crippen LogP contribution in [0.15, 0.2) is 24.3 Å². The van der Waals surface area contributed by atoms with Gasteiger partial charge in [0.1, 0.15) is 0 Å². The third-order valence-corrected chi connectivity index (χ3v) is 2.04. The molecule has 0 saturated heterocycles. The molecule has 90 valence electrons. The standard InChI is InChI=1S/C10H11N3O4/c1-12(6-9(11)14)10(15)7-3-2-4-8(5-7)13(16)17/h2-5H,6H2,1H3,(H2,11,14). The Kier molecular flexibility index (Phi) is 3.76. The number of rotatable bonds is 4. The van der Waals surface area contributed by atoms with E-state index in [1.54, 1.807) is 0 Å². The van der Waals surface area contributed by atoms with Gasteiger partial charge in [-0.1, -0.05) is 6.07 Å². The van der Waals surface area contributed by atoms with Gasteiger partial charge in [0, 0.05) is 24.7 Å². The molecule has 0 saturated carbocycles. The normalized spacial score (nSPS) is 9.71. The highest BCUT2D eigenvalue weighted by Gasteiger charge is 2.16. The van der Waals surface area contributed by atoms with Crippen molar-refractivity contribution in [3.63, 3.8) is 0 Å². The smallest absolute Gasteiger partial charge is 0.270 e. The largest absolute Gasteiger partial charge is 0.368 e. The van der Waals surface area contributed by atoms with Crippen LogP contribution in [0.3, 0.4) is 0 Å². The molecule has 7 heteroatoms. The number of hydrogen-bond donors (Lipinski definition) is 1. The number of carbonyl (C=O) groups excluding carboxylic acids is 2. The minimum Gasteiger partial charge on any atom is -0.368 e. The van der Waals surface area contributed by atoms with Crippen LogP contribution in [0.25, 0.3) is 0 Å². The quantitative estimate of drug-likeness (QED) is 0.594. The molecule has 0 bridgehead atoms. The molecule has 0 radical (unpaired) electrons. The first-order valence-corrected chi connectivity index (χ1v) is 4.70. The van der Waals surface area contributed by atoms with Crippen LogP contribution in [0.4, 0.5) is 5.69 Å². The molecule has 0 heterocycles. The minimum atomic E-state index is -0.647. The van der Waals surface area contributed by atoms with Crippen molar-refractivity contribution in [1.29, 1.82) is 0 Å². The zero-order chi connectivity index (χ0) is 13.0. The van der Waals surface area contributed by atoms with E-state index >= 15 is 0 Å². The van der Waals surface area contributed by atoms with E-state index in [0.29, 0.717) is 0 Å². The van der Waals surface area contributed by atoms with Gasteiger partial charge in [0.25, 0.3) is 11.6 Å². The number of non-ortho nitro benzene ring substituents is 1. The molecule has 0 spiro atoms. The summed E-state index contributed by atoms with van der Waals surface area (Å²) in [6.07, 6.45) is 0. The maximum atomic E-state index is 11.8. The molecule has 2 N–H and O–H groups in total. The summed E-state index contributed by atoms with van der Waals surface area (Å²) >= 11 is 0. The monoisotopic (exact) mass is 237 g/mol. The predicted octanol–water partition coefficient (Wildman–Crippen LogP) is 0.152. The number of carbonyl (C=O) groups is 2. The summed E-state index contributed by atoms with van der Waals surface area (Å²) in [4.78, 5) is 33.4. The fourth-order valence-corrected chi connectivity index (χ4v) is 1.28. The number of nitrogens with two attached hydrogens (primary N) is 1. The van der Waals surface area contributed by atoms with Crippen molar-refractivity contribution in [3.8, 4) is 0 Å². The van der Waals surface area contributed by atoms with Crippen LogP contribution < -0.4 is 5.73 Å². The Bertz CT molecular complexity index is 472. The molecule has 2 amide bonds. The summed E-state index contributed by atoms with van der Waals surface area (Å²) in [5.74, 6) is -1.14. The van der Waals surface area contributed by atoms with Crippen LogP contribution >= 0.6 is 0 Å². The van der Waals surface area contributed by atoms with Crippen molar-refractivity contribution < 1.29 is 14.5 Å². The van der Waals surface area contributed by atoms with Gasteiger partial charge in [0.2, 0.25) is 5.91 Å². The second-order valence-electron chi connectivity index (χ2n) is 3.43. The topological polar surface area (TPSA) is 107 Å². The molecule has 0 aliphatic carbocycles. The molecule has 0 fully saturated rings. The number of nitrogens with zero attached hydrogens (tertiary/aromatic N) is 2. The van der Waals surface area contributed by atoms with E-state index in [9.17, 15) is 19.7 Å². The number of benzene rings is 1. The zero-order valence-electron chi connectivity index (χ0n) is 9.12. The van der Waals surface area contributed by atoms with E-state index in [-0.39, 0.29) is 17.8 Å². The average Bonchev–Trinajstić information content (AvgIpc) is 2.27. The Hall–Kier alpha value is -2.44. The lowest BCUT2D eigenvalue weighted by Gasteiger charge is -2.14. The van der Waals surface area contributed by atoms with Gasteiger partial charge in [-0.2, -0.15) is 0 Å². The van der Waals surface area contributed by atoms with Gasteiger partial charge >= 0.3 is 0 Å². The Morgan fingerprint density at radius 3 is 2.65 bits per heavy atom. The average molecular weight is 237 g/mol. The van der Waals surface area contributed by atoms with E-state index < -0.39 is 16.7 Å². The summed E-state index contributed by atoms with van der Waals surface area (Å²) in [5, 5.41) is 10.5. The number of hydrogen-bond acceptors (Lipinski definition) is 4. The van der Waals surface area contributed by atoms with Gasteiger partial charge in [-0.15, -0.1) is 0 Å². The van der Waals surface area contributed by atoms with Gasteiger partial charge in [-0.25, -0.2) is 0 Å². The molecule has 1 aromatic rings. The highest BCUT2D eigenvalue weighted by molar-refractivity contribution is 5.96. The molecular weight excluding hydrogens is 226 g/mol. The number of amides is 2. The molecule has 0 aliphatic heterocycles. The summed E-state index contributed by atoms with van der Waals surface area (Å²) < 4.78 is 0. The van der Waals surface area contributed by atoms with Crippen molar-refractivity contribution in [2.24, 2.45) is 5.73 Å². The molecule has 7 nitrogen and oxygen atoms in total. The summed E-state index contributed by atoms with van der Waals surface area (Å²) in [6, 6.07) is 5.28. The number of likely N-dealkylation sites (N-methyl/N-ethyl adjacent to an activating group) is 1. The van der Waals surface area contributed by atoms with E-state index in [4.69, 9.17) is 5.73 Å². The van der Waals surface area contributed by atoms with Crippen molar-refractivity contribution in [2.45, 2.75) is 0 Å². The van der Waals surface area contributed by atoms with E-state index in [1.165, 1.54) is 25.2 Å². The fraction of sp³-hybridized carbons (Fsp3) is 0.200. The first-order valence-electron chi connectivity index (χ1n) is 4.70. The molecule has 17 heavy (non-hydrogen) atoms. The molecule has 0 unspecified atom stereocenters. The summed E-state index contributed by atoms with van der Waals surface area (Å²) in [6.45, 7) is -0.235. The van der Waals surface area contributed by atoms with Crippen LogP contribution in [-0.4, -0.2) is 35.2 Å². The van der Waals surface area contributed by atoms with E-state index in [1.807, 2.05) is 0 Å². The number of nitro benzene ring substituents is 1. The lowest BCUT2D eigenvalue weighted by molar-refractivity contribution is -0.384. The molecule has 0 aromatic heterocycles. The van der Waals surface area contributed by atoms with E-state index in [2.05, 4.69) is 0 Å². The van der Waals surface area contributed by atoms with Crippen molar-refractivity contribution in [2.75, 3.05) is 13.6 Å². The maximum Gasteiger partial charge on any atom is 0.270 e. The Labute approximate surface area is 97.0 Å². The van der Waals surface area contributed by atoms with Gasteiger partial charge in [-0.3, -0.25) is 19.7 Å². The Morgan fingerprint density at radius 2 is 2.12 bits per heavy atom. The van der Waals surface area contributed by atoms with Gasteiger partial charge in [0.15, 0.2) is 0 Å². The van der Waals surface area contributed by atoms with Gasteiger partial charge in [0.05, 0.1) is 11.5 Å². The number of nitro groups is 1. The Balaban J connectivity index is 2.92. The third-order valence-electron chi connectivity index (χ3n) is 2.04. The summed E-state index contributed by atoms with van der Waals surface area (Å²) in [7, 11) is 1.39. The third kappa shape index (κ3) is 3.26. The van der Waals surface area contributed by atoms with Crippen LogP contribution in [0.2, 0.25) is 0 Å². The van der Waals surface area contributed by atoms with Crippen molar-refractivity contribution in [3.05, 3.63) is 39.9 Å². The molecule has 1 rings (SSSR count). The van der Waals surface area contributed by atoms with Crippen molar-refractivity contribution >= 4 is 17.5 Å². The minimum absolute atomic E-state index is 0.142. The molecule has 1 aromatic carbocycles.